The van der Waals surface area contributed by atoms with Crippen LogP contribution >= 0.6 is 0 Å². The van der Waals surface area contributed by atoms with Crippen LogP contribution in [0.1, 0.15) is 37.3 Å². The molecule has 2 aromatic carbocycles. The number of fused-ring (bicyclic) bond motifs is 2. The van der Waals surface area contributed by atoms with Gasteiger partial charge in [0, 0.05) is 30.9 Å². The monoisotopic (exact) mass is 554 g/mol. The quantitative estimate of drug-likeness (QED) is 0.267. The van der Waals surface area contributed by atoms with Crippen LogP contribution in [-0.4, -0.2) is 69.1 Å². The SMILES string of the molecule is Cc1cc(OCCN2CCOCC2)c2oc(Nc3ccc(-c4nn(C5CCCC5)c5ncnc(N)c45)cc3)nc2c1. The Labute approximate surface area is 237 Å². The summed E-state index contributed by atoms with van der Waals surface area (Å²) in [5.74, 6) is 1.15. The molecule has 0 atom stereocenters. The number of benzene rings is 2. The number of hydrogen-bond donors (Lipinski definition) is 2. The summed E-state index contributed by atoms with van der Waals surface area (Å²) < 4.78 is 19.7. The number of rotatable bonds is 8. The predicted octanol–water partition coefficient (Wildman–Crippen LogP) is 5.09. The third-order valence-corrected chi connectivity index (χ3v) is 7.97. The minimum Gasteiger partial charge on any atom is -0.488 e. The normalized spacial score (nSPS) is 16.6. The van der Waals surface area contributed by atoms with Crippen LogP contribution in [0.4, 0.5) is 17.5 Å². The Morgan fingerprint density at radius 2 is 1.88 bits per heavy atom. The highest BCUT2D eigenvalue weighted by atomic mass is 16.5. The van der Waals surface area contributed by atoms with Gasteiger partial charge < -0.3 is 24.9 Å². The number of oxazole rings is 1. The summed E-state index contributed by atoms with van der Waals surface area (Å²) in [5, 5.41) is 9.07. The fourth-order valence-corrected chi connectivity index (χ4v) is 5.84. The van der Waals surface area contributed by atoms with Crippen LogP contribution in [0.2, 0.25) is 0 Å². The molecule has 2 fully saturated rings. The molecule has 1 aliphatic heterocycles. The van der Waals surface area contributed by atoms with Crippen LogP contribution in [0, 0.1) is 6.92 Å². The zero-order valence-corrected chi connectivity index (χ0v) is 23.2. The Hall–Kier alpha value is -4.22. The maximum Gasteiger partial charge on any atom is 0.300 e. The fourth-order valence-electron chi connectivity index (χ4n) is 5.84. The van der Waals surface area contributed by atoms with Crippen LogP contribution in [0.15, 0.2) is 47.1 Å². The van der Waals surface area contributed by atoms with E-state index in [9.17, 15) is 0 Å². The molecule has 1 aliphatic carbocycles. The van der Waals surface area contributed by atoms with Gasteiger partial charge in [0.1, 0.15) is 30.0 Å². The van der Waals surface area contributed by atoms with E-state index >= 15 is 0 Å². The number of nitrogen functional groups attached to an aromatic ring is 1. The Bertz CT molecular complexity index is 1670. The second kappa shape index (κ2) is 11.0. The molecule has 0 bridgehead atoms. The first-order chi connectivity index (χ1) is 20.1. The fraction of sp³-hybridized carbons (Fsp3) is 0.400. The van der Waals surface area contributed by atoms with Crippen LogP contribution in [-0.2, 0) is 4.74 Å². The van der Waals surface area contributed by atoms with Gasteiger partial charge >= 0.3 is 0 Å². The molecule has 0 radical (unpaired) electrons. The molecule has 41 heavy (non-hydrogen) atoms. The summed E-state index contributed by atoms with van der Waals surface area (Å²) in [5.41, 5.74) is 12.2. The molecule has 2 aliphatic rings. The maximum absolute atomic E-state index is 6.31. The third-order valence-electron chi connectivity index (χ3n) is 7.97. The minimum atomic E-state index is 0.345. The van der Waals surface area contributed by atoms with Gasteiger partial charge in [-0.05, 0) is 49.6 Å². The Kier molecular flexibility index (Phi) is 6.89. The lowest BCUT2D eigenvalue weighted by Crippen LogP contribution is -2.38. The molecule has 3 aromatic heterocycles. The molecule has 1 saturated carbocycles. The topological polar surface area (TPSA) is 129 Å². The van der Waals surface area contributed by atoms with Crippen LogP contribution in [0.25, 0.3) is 33.4 Å². The van der Waals surface area contributed by atoms with Gasteiger partial charge in [0.2, 0.25) is 0 Å². The van der Waals surface area contributed by atoms with Crippen LogP contribution in [0.3, 0.4) is 0 Å². The average molecular weight is 555 g/mol. The van der Waals surface area contributed by atoms with Gasteiger partial charge in [-0.1, -0.05) is 25.0 Å². The number of aromatic nitrogens is 5. The highest BCUT2D eigenvalue weighted by Crippen LogP contribution is 2.37. The van der Waals surface area contributed by atoms with Gasteiger partial charge in [0.25, 0.3) is 6.01 Å². The highest BCUT2D eigenvalue weighted by molar-refractivity contribution is 5.98. The van der Waals surface area contributed by atoms with E-state index in [2.05, 4.69) is 25.2 Å². The molecule has 7 rings (SSSR count). The number of hydrogen-bond acceptors (Lipinski definition) is 10. The number of nitrogens with two attached hydrogens (primary N) is 1. The number of morpholine rings is 1. The number of anilines is 3. The van der Waals surface area contributed by atoms with Crippen molar-refractivity contribution >= 4 is 39.7 Å². The summed E-state index contributed by atoms with van der Waals surface area (Å²) in [6, 6.07) is 12.7. The molecule has 1 saturated heterocycles. The molecule has 0 spiro atoms. The Balaban J connectivity index is 1.10. The lowest BCUT2D eigenvalue weighted by atomic mass is 10.1. The van der Waals surface area contributed by atoms with Gasteiger partial charge in [-0.25, -0.2) is 14.6 Å². The second-order valence-electron chi connectivity index (χ2n) is 10.8. The van der Waals surface area contributed by atoms with E-state index in [4.69, 9.17) is 24.7 Å². The number of aryl methyl sites for hydroxylation is 1. The van der Waals surface area contributed by atoms with Crippen LogP contribution in [0.5, 0.6) is 5.75 Å². The number of nitrogens with zero attached hydrogens (tertiary/aromatic N) is 6. The second-order valence-corrected chi connectivity index (χ2v) is 10.8. The van der Waals surface area contributed by atoms with Crippen molar-refractivity contribution < 1.29 is 13.9 Å². The molecular weight excluding hydrogens is 520 g/mol. The third kappa shape index (κ3) is 5.18. The molecule has 11 nitrogen and oxygen atoms in total. The van der Waals surface area contributed by atoms with Crippen molar-refractivity contribution in [2.75, 3.05) is 50.5 Å². The smallest absolute Gasteiger partial charge is 0.300 e. The average Bonchev–Trinajstić information content (AvgIpc) is 3.73. The van der Waals surface area contributed by atoms with E-state index in [1.165, 1.54) is 19.2 Å². The van der Waals surface area contributed by atoms with E-state index in [-0.39, 0.29) is 0 Å². The highest BCUT2D eigenvalue weighted by Gasteiger charge is 2.24. The van der Waals surface area contributed by atoms with E-state index in [0.717, 1.165) is 84.7 Å². The molecular formula is C30H34N8O3. The molecule has 0 unspecified atom stereocenters. The Morgan fingerprint density at radius 3 is 2.68 bits per heavy atom. The lowest BCUT2D eigenvalue weighted by Gasteiger charge is -2.26. The summed E-state index contributed by atoms with van der Waals surface area (Å²) in [6.07, 6.45) is 6.14. The van der Waals surface area contributed by atoms with E-state index in [1.54, 1.807) is 0 Å². The number of ether oxygens (including phenoxy) is 2. The maximum atomic E-state index is 6.31. The minimum absolute atomic E-state index is 0.345. The van der Waals surface area contributed by atoms with Crippen molar-refractivity contribution in [3.8, 4) is 17.0 Å². The van der Waals surface area contributed by atoms with Gasteiger partial charge in [-0.15, -0.1) is 0 Å². The molecule has 4 heterocycles. The standard InChI is InChI=1S/C30H34N8O3/c1-19-16-23-27(24(17-19)40-15-12-37-10-13-39-14-11-37)41-30(35-23)34-21-8-6-20(7-9-21)26-25-28(31)32-18-33-29(25)38(36-26)22-4-2-3-5-22/h6-9,16-18,22H,2-5,10-15H2,1H3,(H,34,35)(H2,31,32,33). The van der Waals surface area contributed by atoms with Gasteiger partial charge in [0.15, 0.2) is 17.0 Å². The summed E-state index contributed by atoms with van der Waals surface area (Å²) in [4.78, 5) is 15.8. The largest absolute Gasteiger partial charge is 0.488 e. The van der Waals surface area contributed by atoms with Gasteiger partial charge in [-0.3, -0.25) is 4.90 Å². The van der Waals surface area contributed by atoms with E-state index in [1.807, 2.05) is 48.0 Å². The molecule has 11 heteroatoms. The van der Waals surface area contributed by atoms with Crippen molar-refractivity contribution in [1.29, 1.82) is 0 Å². The molecule has 212 valence electrons. The Morgan fingerprint density at radius 1 is 1.07 bits per heavy atom. The van der Waals surface area contributed by atoms with E-state index < -0.39 is 0 Å². The lowest BCUT2D eigenvalue weighted by molar-refractivity contribution is 0.0323. The van der Waals surface area contributed by atoms with Crippen molar-refractivity contribution in [2.45, 2.75) is 38.6 Å². The molecule has 5 aromatic rings. The van der Waals surface area contributed by atoms with Crippen molar-refractivity contribution in [3.63, 3.8) is 0 Å². The molecule has 3 N–H and O–H groups in total. The van der Waals surface area contributed by atoms with E-state index in [0.29, 0.717) is 35.8 Å². The summed E-state index contributed by atoms with van der Waals surface area (Å²) >= 11 is 0. The first kappa shape index (κ1) is 25.7. The molecule has 0 amide bonds. The van der Waals surface area contributed by atoms with Crippen molar-refractivity contribution in [3.05, 3.63) is 48.3 Å². The summed E-state index contributed by atoms with van der Waals surface area (Å²) in [6.45, 7) is 6.86. The van der Waals surface area contributed by atoms with Crippen molar-refractivity contribution in [2.24, 2.45) is 0 Å². The van der Waals surface area contributed by atoms with Gasteiger partial charge in [0.05, 0.1) is 24.6 Å². The van der Waals surface area contributed by atoms with Gasteiger partial charge in [-0.2, -0.15) is 10.1 Å². The van der Waals surface area contributed by atoms with Crippen molar-refractivity contribution in [1.82, 2.24) is 29.6 Å². The first-order valence-electron chi connectivity index (χ1n) is 14.3. The zero-order valence-electron chi connectivity index (χ0n) is 23.2. The summed E-state index contributed by atoms with van der Waals surface area (Å²) in [7, 11) is 0. The first-order valence-corrected chi connectivity index (χ1v) is 14.3. The predicted molar refractivity (Wildman–Crippen MR) is 157 cm³/mol. The zero-order chi connectivity index (χ0) is 27.8. The number of nitrogens with one attached hydrogen (secondary N) is 1. The van der Waals surface area contributed by atoms with Crippen LogP contribution < -0.4 is 15.8 Å².